The predicted octanol–water partition coefficient (Wildman–Crippen LogP) is 1.67. The van der Waals surface area contributed by atoms with Gasteiger partial charge in [-0.2, -0.15) is 0 Å². The lowest BCUT2D eigenvalue weighted by Crippen LogP contribution is -2.33. The van der Waals surface area contributed by atoms with E-state index < -0.39 is 0 Å². The van der Waals surface area contributed by atoms with Crippen molar-refractivity contribution in [2.45, 2.75) is 19.3 Å². The van der Waals surface area contributed by atoms with Crippen LogP contribution in [0.15, 0.2) is 11.6 Å². The second kappa shape index (κ2) is 4.25. The molecule has 74 valence electrons. The molecule has 0 saturated carbocycles. The molecule has 2 aliphatic heterocycles. The molecule has 0 radical (unpaired) electrons. The van der Waals surface area contributed by atoms with Crippen LogP contribution in [0.25, 0.3) is 0 Å². The topological polar surface area (TPSA) is 12.5 Å². The Labute approximate surface area is 80.6 Å². The Kier molecular flexibility index (Phi) is 3.01. The highest BCUT2D eigenvalue weighted by Crippen LogP contribution is 2.26. The Bertz CT molecular complexity index is 200. The molecule has 0 aromatic heterocycles. The largest absolute Gasteiger partial charge is 0.377 e. The van der Waals surface area contributed by atoms with E-state index in [-0.39, 0.29) is 0 Å². The zero-order valence-corrected chi connectivity index (χ0v) is 8.46. The van der Waals surface area contributed by atoms with E-state index in [4.69, 9.17) is 4.74 Å². The molecule has 2 rings (SSSR count). The average Bonchev–Trinajstić information content (AvgIpc) is 2.19. The van der Waals surface area contributed by atoms with Gasteiger partial charge in [0.05, 0.1) is 13.2 Å². The molecule has 0 aliphatic carbocycles. The van der Waals surface area contributed by atoms with Gasteiger partial charge in [-0.25, -0.2) is 0 Å². The molecule has 0 aromatic rings. The molecular formula is C11H19NO. The molecule has 0 aromatic carbocycles. The first-order chi connectivity index (χ1) is 6.36. The fourth-order valence-corrected chi connectivity index (χ4v) is 2.38. The Hall–Kier alpha value is -0.340. The van der Waals surface area contributed by atoms with E-state index in [0.29, 0.717) is 0 Å². The molecule has 2 aliphatic rings. The number of nitrogens with zero attached hydrogens (tertiary/aromatic N) is 1. The molecule has 2 nitrogen and oxygen atoms in total. The molecule has 1 saturated heterocycles. The Morgan fingerprint density at radius 1 is 1.54 bits per heavy atom. The van der Waals surface area contributed by atoms with Crippen LogP contribution >= 0.6 is 0 Å². The van der Waals surface area contributed by atoms with Crippen LogP contribution in [0.4, 0.5) is 0 Å². The summed E-state index contributed by atoms with van der Waals surface area (Å²) in [5, 5.41) is 0. The van der Waals surface area contributed by atoms with Gasteiger partial charge in [0.25, 0.3) is 0 Å². The molecule has 0 spiro atoms. The summed E-state index contributed by atoms with van der Waals surface area (Å²) in [6.07, 6.45) is 6.21. The number of piperidine rings is 1. The van der Waals surface area contributed by atoms with Gasteiger partial charge in [0.1, 0.15) is 0 Å². The molecule has 2 heterocycles. The van der Waals surface area contributed by atoms with E-state index in [0.717, 1.165) is 19.1 Å². The monoisotopic (exact) mass is 181 g/mol. The Morgan fingerprint density at radius 2 is 2.46 bits per heavy atom. The molecule has 0 bridgehead atoms. The summed E-state index contributed by atoms with van der Waals surface area (Å²) in [6.45, 7) is 4.31. The average molecular weight is 181 g/mol. The number of hydrogen-bond donors (Lipinski definition) is 0. The van der Waals surface area contributed by atoms with Crippen LogP contribution < -0.4 is 0 Å². The maximum Gasteiger partial charge on any atom is 0.0650 e. The summed E-state index contributed by atoms with van der Waals surface area (Å²) in [7, 11) is 2.23. The first kappa shape index (κ1) is 9.22. The molecule has 13 heavy (non-hydrogen) atoms. The molecule has 1 unspecified atom stereocenters. The third kappa shape index (κ3) is 2.32. The van der Waals surface area contributed by atoms with Crippen LogP contribution in [0, 0.1) is 5.92 Å². The van der Waals surface area contributed by atoms with Crippen LogP contribution in [0.5, 0.6) is 0 Å². The minimum atomic E-state index is 0.822. The third-order valence-electron chi connectivity index (χ3n) is 3.15. The lowest BCUT2D eigenvalue weighted by molar-refractivity contribution is 0.143. The quantitative estimate of drug-likeness (QED) is 0.571. The van der Waals surface area contributed by atoms with Crippen molar-refractivity contribution < 1.29 is 4.74 Å². The molecule has 1 fully saturated rings. The van der Waals surface area contributed by atoms with Gasteiger partial charge in [-0.15, -0.1) is 0 Å². The van der Waals surface area contributed by atoms with Crippen LogP contribution in [0.2, 0.25) is 0 Å². The maximum atomic E-state index is 5.33. The van der Waals surface area contributed by atoms with Crippen molar-refractivity contribution >= 4 is 0 Å². The standard InChI is InChI=1S/C11H19NO/c1-12-6-2-3-11(9-12)10-4-7-13-8-5-10/h4,11H,2-3,5-9H2,1H3. The van der Waals surface area contributed by atoms with Crippen molar-refractivity contribution in [3.05, 3.63) is 11.6 Å². The maximum absolute atomic E-state index is 5.33. The number of rotatable bonds is 1. The lowest BCUT2D eigenvalue weighted by atomic mass is 9.88. The fourth-order valence-electron chi connectivity index (χ4n) is 2.38. The van der Waals surface area contributed by atoms with Gasteiger partial charge in [0, 0.05) is 6.54 Å². The van der Waals surface area contributed by atoms with Gasteiger partial charge >= 0.3 is 0 Å². The first-order valence-electron chi connectivity index (χ1n) is 5.31. The highest BCUT2D eigenvalue weighted by molar-refractivity contribution is 5.10. The molecule has 2 heteroatoms. The zero-order valence-electron chi connectivity index (χ0n) is 8.46. The summed E-state index contributed by atoms with van der Waals surface area (Å²) in [6, 6.07) is 0. The third-order valence-corrected chi connectivity index (χ3v) is 3.15. The summed E-state index contributed by atoms with van der Waals surface area (Å²) < 4.78 is 5.33. The zero-order chi connectivity index (χ0) is 9.10. The first-order valence-corrected chi connectivity index (χ1v) is 5.31. The van der Waals surface area contributed by atoms with Crippen LogP contribution in [0.3, 0.4) is 0 Å². The van der Waals surface area contributed by atoms with Gasteiger partial charge in [-0.1, -0.05) is 11.6 Å². The van der Waals surface area contributed by atoms with Gasteiger partial charge in [0.15, 0.2) is 0 Å². The number of likely N-dealkylation sites (tertiary alicyclic amines) is 1. The van der Waals surface area contributed by atoms with E-state index in [1.807, 2.05) is 0 Å². The molecule has 1 atom stereocenters. The Balaban J connectivity index is 1.94. The minimum absolute atomic E-state index is 0.822. The summed E-state index contributed by atoms with van der Waals surface area (Å²) in [4.78, 5) is 2.45. The summed E-state index contributed by atoms with van der Waals surface area (Å²) in [5.41, 5.74) is 1.65. The number of hydrogen-bond acceptors (Lipinski definition) is 2. The fraction of sp³-hybridized carbons (Fsp3) is 0.818. The smallest absolute Gasteiger partial charge is 0.0650 e. The van der Waals surface area contributed by atoms with Crippen molar-refractivity contribution in [1.82, 2.24) is 4.90 Å². The van der Waals surface area contributed by atoms with E-state index in [2.05, 4.69) is 18.0 Å². The van der Waals surface area contributed by atoms with Gasteiger partial charge < -0.3 is 9.64 Å². The van der Waals surface area contributed by atoms with E-state index >= 15 is 0 Å². The Morgan fingerprint density at radius 3 is 3.15 bits per heavy atom. The van der Waals surface area contributed by atoms with Crippen molar-refractivity contribution in [2.75, 3.05) is 33.4 Å². The molecule has 0 N–H and O–H groups in total. The molecular weight excluding hydrogens is 162 g/mol. The van der Waals surface area contributed by atoms with E-state index in [9.17, 15) is 0 Å². The second-order valence-electron chi connectivity index (χ2n) is 4.21. The lowest BCUT2D eigenvalue weighted by Gasteiger charge is -2.32. The summed E-state index contributed by atoms with van der Waals surface area (Å²) in [5.74, 6) is 0.822. The SMILES string of the molecule is CN1CCCC(C2=CCOCC2)C1. The van der Waals surface area contributed by atoms with Crippen LogP contribution in [0.1, 0.15) is 19.3 Å². The van der Waals surface area contributed by atoms with E-state index in [1.54, 1.807) is 5.57 Å². The normalized spacial score (nSPS) is 31.5. The second-order valence-corrected chi connectivity index (χ2v) is 4.21. The predicted molar refractivity (Wildman–Crippen MR) is 53.7 cm³/mol. The minimum Gasteiger partial charge on any atom is -0.377 e. The highest BCUT2D eigenvalue weighted by Gasteiger charge is 2.21. The highest BCUT2D eigenvalue weighted by atomic mass is 16.5. The van der Waals surface area contributed by atoms with Crippen molar-refractivity contribution in [3.8, 4) is 0 Å². The number of ether oxygens (including phenoxy) is 1. The van der Waals surface area contributed by atoms with Crippen LogP contribution in [-0.4, -0.2) is 38.3 Å². The van der Waals surface area contributed by atoms with Gasteiger partial charge in [-0.3, -0.25) is 0 Å². The van der Waals surface area contributed by atoms with Crippen molar-refractivity contribution in [3.63, 3.8) is 0 Å². The summed E-state index contributed by atoms with van der Waals surface area (Å²) >= 11 is 0. The van der Waals surface area contributed by atoms with Gasteiger partial charge in [-0.05, 0) is 38.8 Å². The molecule has 0 amide bonds. The van der Waals surface area contributed by atoms with Gasteiger partial charge in [0.2, 0.25) is 0 Å². The van der Waals surface area contributed by atoms with Crippen LogP contribution in [-0.2, 0) is 4.74 Å². The van der Waals surface area contributed by atoms with E-state index in [1.165, 1.54) is 32.4 Å². The van der Waals surface area contributed by atoms with Crippen molar-refractivity contribution in [1.29, 1.82) is 0 Å². The van der Waals surface area contributed by atoms with Crippen molar-refractivity contribution in [2.24, 2.45) is 5.92 Å².